The van der Waals surface area contributed by atoms with Gasteiger partial charge in [-0.15, -0.1) is 0 Å². The van der Waals surface area contributed by atoms with Gasteiger partial charge in [-0.3, -0.25) is 14.2 Å². The summed E-state index contributed by atoms with van der Waals surface area (Å²) >= 11 is 5.95. The molecule has 2 rings (SSSR count). The lowest BCUT2D eigenvalue weighted by atomic mass is 10.3. The van der Waals surface area contributed by atoms with Crippen molar-refractivity contribution in [3.8, 4) is 0 Å². The van der Waals surface area contributed by atoms with Crippen molar-refractivity contribution in [1.82, 2.24) is 24.5 Å². The van der Waals surface area contributed by atoms with Gasteiger partial charge in [0.2, 0.25) is 0 Å². The van der Waals surface area contributed by atoms with Crippen molar-refractivity contribution in [2.24, 2.45) is 14.1 Å². The highest BCUT2D eigenvalue weighted by atomic mass is 35.5. The molecule has 2 aromatic rings. The van der Waals surface area contributed by atoms with E-state index in [9.17, 15) is 18.0 Å². The van der Waals surface area contributed by atoms with E-state index in [1.807, 2.05) is 0 Å². The van der Waals surface area contributed by atoms with Gasteiger partial charge in [0.25, 0.3) is 5.91 Å². The number of alkyl halides is 3. The summed E-state index contributed by atoms with van der Waals surface area (Å²) in [5, 5.41) is 7.63. The third kappa shape index (κ3) is 3.08. The second-order valence-electron chi connectivity index (χ2n) is 4.76. The molecule has 0 saturated heterocycles. The molecule has 0 atom stereocenters. The van der Waals surface area contributed by atoms with Crippen molar-refractivity contribution >= 4 is 17.5 Å². The zero-order valence-electron chi connectivity index (χ0n) is 12.0. The van der Waals surface area contributed by atoms with Crippen molar-refractivity contribution in [2.45, 2.75) is 12.7 Å². The van der Waals surface area contributed by atoms with E-state index in [0.29, 0.717) is 10.7 Å². The molecular weight excluding hydrogens is 323 g/mol. The largest absolute Gasteiger partial charge is 0.435 e. The van der Waals surface area contributed by atoms with Crippen LogP contribution in [0.3, 0.4) is 0 Å². The molecule has 0 aliphatic heterocycles. The summed E-state index contributed by atoms with van der Waals surface area (Å²) in [5.41, 5.74) is -0.686. The molecule has 0 radical (unpaired) electrons. The van der Waals surface area contributed by atoms with Crippen molar-refractivity contribution in [3.63, 3.8) is 0 Å². The Labute approximate surface area is 129 Å². The number of amides is 1. The molecule has 1 amide bonds. The number of hydrogen-bond donors (Lipinski definition) is 0. The number of aromatic nitrogens is 4. The molecule has 0 bridgehead atoms. The SMILES string of the molecule is CN(Cc1c(Cl)cnn1C)C(=O)c1cc(C(F)(F)F)nn1C. The van der Waals surface area contributed by atoms with E-state index in [4.69, 9.17) is 11.6 Å². The Morgan fingerprint density at radius 3 is 2.45 bits per heavy atom. The van der Waals surface area contributed by atoms with Crippen LogP contribution in [0.1, 0.15) is 21.9 Å². The van der Waals surface area contributed by atoms with Gasteiger partial charge in [-0.1, -0.05) is 11.6 Å². The quantitative estimate of drug-likeness (QED) is 0.863. The van der Waals surface area contributed by atoms with Crippen molar-refractivity contribution in [2.75, 3.05) is 7.05 Å². The molecular formula is C12H13ClF3N5O. The summed E-state index contributed by atoms with van der Waals surface area (Å²) in [4.78, 5) is 13.5. The number of hydrogen-bond acceptors (Lipinski definition) is 3. The van der Waals surface area contributed by atoms with Gasteiger partial charge in [0.05, 0.1) is 23.5 Å². The van der Waals surface area contributed by atoms with Crippen molar-refractivity contribution in [3.05, 3.63) is 34.4 Å². The van der Waals surface area contributed by atoms with Crippen LogP contribution in [0.2, 0.25) is 5.02 Å². The van der Waals surface area contributed by atoms with Crippen LogP contribution in [-0.4, -0.2) is 37.4 Å². The molecule has 0 aromatic carbocycles. The van der Waals surface area contributed by atoms with Gasteiger partial charge in [-0.05, 0) is 0 Å². The average molecular weight is 336 g/mol. The van der Waals surface area contributed by atoms with Gasteiger partial charge in [0.15, 0.2) is 5.69 Å². The van der Waals surface area contributed by atoms with Gasteiger partial charge in [-0.25, -0.2) is 0 Å². The maximum Gasteiger partial charge on any atom is 0.435 e. The van der Waals surface area contributed by atoms with E-state index in [2.05, 4.69) is 10.2 Å². The molecule has 0 unspecified atom stereocenters. The fourth-order valence-electron chi connectivity index (χ4n) is 1.91. The van der Waals surface area contributed by atoms with Gasteiger partial charge < -0.3 is 4.90 Å². The minimum atomic E-state index is -4.60. The lowest BCUT2D eigenvalue weighted by Gasteiger charge is -2.17. The zero-order valence-corrected chi connectivity index (χ0v) is 12.8. The predicted molar refractivity (Wildman–Crippen MR) is 72.2 cm³/mol. The van der Waals surface area contributed by atoms with Gasteiger partial charge in [-0.2, -0.15) is 23.4 Å². The molecule has 2 heterocycles. The molecule has 0 N–H and O–H groups in total. The molecule has 2 aromatic heterocycles. The second kappa shape index (κ2) is 5.64. The van der Waals surface area contributed by atoms with Crippen LogP contribution in [0.15, 0.2) is 12.3 Å². The maximum atomic E-state index is 12.6. The molecule has 0 spiro atoms. The Bertz CT molecular complexity index is 687. The average Bonchev–Trinajstić information content (AvgIpc) is 2.95. The van der Waals surface area contributed by atoms with Crippen LogP contribution in [0, 0.1) is 0 Å². The molecule has 6 nitrogen and oxygen atoms in total. The molecule has 0 saturated carbocycles. The summed E-state index contributed by atoms with van der Waals surface area (Å²) in [6.07, 6.45) is -3.17. The smallest absolute Gasteiger partial charge is 0.334 e. The topological polar surface area (TPSA) is 56.0 Å². The van der Waals surface area contributed by atoms with Crippen LogP contribution >= 0.6 is 11.6 Å². The Morgan fingerprint density at radius 2 is 2.00 bits per heavy atom. The molecule has 0 aliphatic rings. The number of rotatable bonds is 3. The van der Waals surface area contributed by atoms with E-state index in [1.165, 1.54) is 29.9 Å². The predicted octanol–water partition coefficient (Wildman–Crippen LogP) is 2.10. The number of carbonyl (C=O) groups excluding carboxylic acids is 1. The number of aryl methyl sites for hydroxylation is 2. The second-order valence-corrected chi connectivity index (χ2v) is 5.17. The minimum absolute atomic E-state index is 0.112. The van der Waals surface area contributed by atoms with Crippen molar-refractivity contribution in [1.29, 1.82) is 0 Å². The molecule has 10 heteroatoms. The fourth-order valence-corrected chi connectivity index (χ4v) is 2.14. The Morgan fingerprint density at radius 1 is 1.36 bits per heavy atom. The van der Waals surface area contributed by atoms with E-state index in [1.54, 1.807) is 7.05 Å². The van der Waals surface area contributed by atoms with E-state index in [-0.39, 0.29) is 12.2 Å². The molecule has 22 heavy (non-hydrogen) atoms. The van der Waals surface area contributed by atoms with Crippen LogP contribution in [0.4, 0.5) is 13.2 Å². The highest BCUT2D eigenvalue weighted by Crippen LogP contribution is 2.28. The van der Waals surface area contributed by atoms with Gasteiger partial charge >= 0.3 is 6.18 Å². The first kappa shape index (κ1) is 16.3. The summed E-state index contributed by atoms with van der Waals surface area (Å²) in [6, 6.07) is 0.726. The lowest BCUT2D eigenvalue weighted by molar-refractivity contribution is -0.141. The normalized spacial score (nSPS) is 11.8. The Kier molecular flexibility index (Phi) is 4.19. The first-order valence-corrected chi connectivity index (χ1v) is 6.52. The fraction of sp³-hybridized carbons (Fsp3) is 0.417. The monoisotopic (exact) mass is 335 g/mol. The highest BCUT2D eigenvalue weighted by molar-refractivity contribution is 6.31. The van der Waals surface area contributed by atoms with Crippen LogP contribution in [-0.2, 0) is 26.8 Å². The number of halogens is 4. The summed E-state index contributed by atoms with van der Waals surface area (Å²) in [5.74, 6) is -0.595. The first-order valence-electron chi connectivity index (χ1n) is 6.14. The zero-order chi connectivity index (χ0) is 16.7. The molecule has 0 aliphatic carbocycles. The third-order valence-electron chi connectivity index (χ3n) is 3.13. The van der Waals surface area contributed by atoms with E-state index in [0.717, 1.165) is 10.7 Å². The van der Waals surface area contributed by atoms with E-state index >= 15 is 0 Å². The highest BCUT2D eigenvalue weighted by Gasteiger charge is 2.35. The number of carbonyl (C=O) groups is 1. The van der Waals surface area contributed by atoms with Crippen LogP contribution in [0.25, 0.3) is 0 Å². The molecule has 0 fully saturated rings. The van der Waals surface area contributed by atoms with Crippen LogP contribution < -0.4 is 0 Å². The Hall–Kier alpha value is -2.03. The third-order valence-corrected chi connectivity index (χ3v) is 3.45. The van der Waals surface area contributed by atoms with Gasteiger partial charge in [0.1, 0.15) is 5.69 Å². The summed E-state index contributed by atoms with van der Waals surface area (Å²) < 4.78 is 40.3. The molecule has 120 valence electrons. The lowest BCUT2D eigenvalue weighted by Crippen LogP contribution is -2.29. The maximum absolute atomic E-state index is 12.6. The summed E-state index contributed by atoms with van der Waals surface area (Å²) in [6.45, 7) is 0.112. The Balaban J connectivity index is 2.23. The minimum Gasteiger partial charge on any atom is -0.334 e. The number of nitrogens with zero attached hydrogens (tertiary/aromatic N) is 5. The van der Waals surface area contributed by atoms with Gasteiger partial charge in [0, 0.05) is 27.2 Å². The standard InChI is InChI=1S/C12H13ClF3N5O/c1-19(6-9-7(13)5-17-20(9)2)11(22)8-4-10(12(14,15)16)18-21(8)3/h4-5H,6H2,1-3H3. The summed E-state index contributed by atoms with van der Waals surface area (Å²) in [7, 11) is 4.41. The van der Waals surface area contributed by atoms with E-state index < -0.39 is 17.8 Å². The van der Waals surface area contributed by atoms with Crippen molar-refractivity contribution < 1.29 is 18.0 Å². The van der Waals surface area contributed by atoms with Crippen LogP contribution in [0.5, 0.6) is 0 Å². The first-order chi connectivity index (χ1) is 10.1.